The average Bonchev–Trinajstić information content (AvgIpc) is 3.19. The van der Waals surface area contributed by atoms with Gasteiger partial charge in [-0.05, 0) is 87.3 Å². The first-order valence-corrected chi connectivity index (χ1v) is 11.8. The SMILES string of the molecule is Ic1ccc(-c2ccc(-c3ccc4c(c3)c3ccccc3n4-c3ccccc3)cc2)cc1. The summed E-state index contributed by atoms with van der Waals surface area (Å²) in [6.45, 7) is 0. The van der Waals surface area contributed by atoms with Gasteiger partial charge in [0.05, 0.1) is 11.0 Å². The summed E-state index contributed by atoms with van der Waals surface area (Å²) in [5.74, 6) is 0. The lowest BCUT2D eigenvalue weighted by Gasteiger charge is -2.08. The molecule has 0 aliphatic carbocycles. The largest absolute Gasteiger partial charge is 0.309 e. The van der Waals surface area contributed by atoms with Crippen LogP contribution >= 0.6 is 22.6 Å². The highest BCUT2D eigenvalue weighted by Gasteiger charge is 2.12. The molecule has 2 heteroatoms. The molecule has 6 rings (SSSR count). The number of hydrogen-bond acceptors (Lipinski definition) is 0. The maximum absolute atomic E-state index is 2.36. The predicted octanol–water partition coefficient (Wildman–Crippen LogP) is 8.72. The van der Waals surface area contributed by atoms with Gasteiger partial charge in [0.1, 0.15) is 0 Å². The van der Waals surface area contributed by atoms with Gasteiger partial charge in [-0.3, -0.25) is 0 Å². The highest BCUT2D eigenvalue weighted by Crippen LogP contribution is 2.35. The van der Waals surface area contributed by atoms with Gasteiger partial charge in [0.2, 0.25) is 0 Å². The van der Waals surface area contributed by atoms with Crippen molar-refractivity contribution >= 4 is 44.4 Å². The Labute approximate surface area is 201 Å². The Morgan fingerprint density at radius 1 is 0.438 bits per heavy atom. The number of aromatic nitrogens is 1. The molecule has 1 aromatic heterocycles. The van der Waals surface area contributed by atoms with E-state index in [9.17, 15) is 0 Å². The molecule has 0 saturated carbocycles. The van der Waals surface area contributed by atoms with Gasteiger partial charge in [0.25, 0.3) is 0 Å². The molecule has 5 aromatic carbocycles. The van der Waals surface area contributed by atoms with Crippen LogP contribution in [-0.2, 0) is 0 Å². The van der Waals surface area contributed by atoms with Gasteiger partial charge < -0.3 is 4.57 Å². The Bertz CT molecular complexity index is 1540. The highest BCUT2D eigenvalue weighted by atomic mass is 127. The second-order valence-corrected chi connectivity index (χ2v) is 9.25. The van der Waals surface area contributed by atoms with Crippen molar-refractivity contribution in [2.75, 3.05) is 0 Å². The zero-order valence-corrected chi connectivity index (χ0v) is 19.5. The van der Waals surface area contributed by atoms with E-state index >= 15 is 0 Å². The summed E-state index contributed by atoms with van der Waals surface area (Å²) in [6, 6.07) is 43.6. The van der Waals surface area contributed by atoms with Crippen LogP contribution in [0.1, 0.15) is 0 Å². The molecular weight excluding hydrogens is 501 g/mol. The van der Waals surface area contributed by atoms with Gasteiger partial charge in [-0.25, -0.2) is 0 Å². The van der Waals surface area contributed by atoms with Gasteiger partial charge in [0.15, 0.2) is 0 Å². The maximum atomic E-state index is 2.36. The fraction of sp³-hybridized carbons (Fsp3) is 0. The Morgan fingerprint density at radius 3 is 1.69 bits per heavy atom. The predicted molar refractivity (Wildman–Crippen MR) is 144 cm³/mol. The molecule has 1 heterocycles. The molecule has 32 heavy (non-hydrogen) atoms. The van der Waals surface area contributed by atoms with E-state index in [0.29, 0.717) is 0 Å². The topological polar surface area (TPSA) is 4.93 Å². The maximum Gasteiger partial charge on any atom is 0.0541 e. The molecule has 0 spiro atoms. The van der Waals surface area contributed by atoms with Crippen molar-refractivity contribution in [3.8, 4) is 27.9 Å². The average molecular weight is 521 g/mol. The first-order chi connectivity index (χ1) is 15.8. The lowest BCUT2D eigenvalue weighted by Crippen LogP contribution is -1.92. The van der Waals surface area contributed by atoms with Crippen molar-refractivity contribution in [1.29, 1.82) is 0 Å². The number of benzene rings is 5. The molecule has 0 radical (unpaired) electrons. The second kappa shape index (κ2) is 7.95. The van der Waals surface area contributed by atoms with Crippen LogP contribution in [0.25, 0.3) is 49.7 Å². The summed E-state index contributed by atoms with van der Waals surface area (Å²) < 4.78 is 3.61. The molecule has 0 atom stereocenters. The van der Waals surface area contributed by atoms with Crippen LogP contribution in [-0.4, -0.2) is 4.57 Å². The van der Waals surface area contributed by atoms with Gasteiger partial charge in [-0.15, -0.1) is 0 Å². The van der Waals surface area contributed by atoms with Gasteiger partial charge in [-0.2, -0.15) is 0 Å². The van der Waals surface area contributed by atoms with Gasteiger partial charge >= 0.3 is 0 Å². The summed E-state index contributed by atoms with van der Waals surface area (Å²) >= 11 is 2.35. The first-order valence-electron chi connectivity index (χ1n) is 10.7. The molecule has 0 N–H and O–H groups in total. The summed E-state index contributed by atoms with van der Waals surface area (Å²) in [7, 11) is 0. The number of fused-ring (bicyclic) bond motifs is 3. The molecule has 0 unspecified atom stereocenters. The Hall–Kier alpha value is -3.37. The summed E-state index contributed by atoms with van der Waals surface area (Å²) in [6.07, 6.45) is 0. The molecule has 6 aromatic rings. The summed E-state index contributed by atoms with van der Waals surface area (Å²) in [5, 5.41) is 2.56. The quantitative estimate of drug-likeness (QED) is 0.205. The monoisotopic (exact) mass is 521 g/mol. The third kappa shape index (κ3) is 3.32. The zero-order valence-electron chi connectivity index (χ0n) is 17.4. The zero-order chi connectivity index (χ0) is 21.5. The van der Waals surface area contributed by atoms with E-state index in [1.807, 2.05) is 0 Å². The van der Waals surface area contributed by atoms with Crippen molar-refractivity contribution in [3.63, 3.8) is 0 Å². The summed E-state index contributed by atoms with van der Waals surface area (Å²) in [5.41, 5.74) is 8.62. The van der Waals surface area contributed by atoms with Crippen molar-refractivity contribution < 1.29 is 0 Å². The van der Waals surface area contributed by atoms with E-state index in [0.717, 1.165) is 0 Å². The standard InChI is InChI=1S/C30H20IN/c31-25-17-14-22(15-18-25)21-10-12-23(13-11-21)24-16-19-30-28(20-24)27-8-4-5-9-29(27)32(30)26-6-2-1-3-7-26/h1-20H. The van der Waals surface area contributed by atoms with Crippen LogP contribution in [0, 0.1) is 3.57 Å². The molecule has 0 aliphatic rings. The smallest absolute Gasteiger partial charge is 0.0541 e. The van der Waals surface area contributed by atoms with E-state index in [2.05, 4.69) is 148 Å². The molecule has 0 aliphatic heterocycles. The Kier molecular flexibility index (Phi) is 4.80. The molecular formula is C30H20IN. The lowest BCUT2D eigenvalue weighted by molar-refractivity contribution is 1.18. The Morgan fingerprint density at radius 2 is 0.969 bits per heavy atom. The minimum absolute atomic E-state index is 1.19. The minimum Gasteiger partial charge on any atom is -0.309 e. The number of para-hydroxylation sites is 2. The Balaban J connectivity index is 1.48. The van der Waals surface area contributed by atoms with Crippen LogP contribution in [0.2, 0.25) is 0 Å². The third-order valence-electron chi connectivity index (χ3n) is 6.08. The molecule has 0 fully saturated rings. The minimum atomic E-state index is 1.19. The fourth-order valence-corrected chi connectivity index (χ4v) is 4.86. The van der Waals surface area contributed by atoms with E-state index in [-0.39, 0.29) is 0 Å². The van der Waals surface area contributed by atoms with Crippen molar-refractivity contribution in [3.05, 3.63) is 125 Å². The molecule has 152 valence electrons. The van der Waals surface area contributed by atoms with Crippen LogP contribution in [0.15, 0.2) is 121 Å². The van der Waals surface area contributed by atoms with Crippen molar-refractivity contribution in [2.24, 2.45) is 0 Å². The third-order valence-corrected chi connectivity index (χ3v) is 6.80. The fourth-order valence-electron chi connectivity index (χ4n) is 4.51. The van der Waals surface area contributed by atoms with Gasteiger partial charge in [0, 0.05) is 20.0 Å². The van der Waals surface area contributed by atoms with Crippen LogP contribution in [0.4, 0.5) is 0 Å². The normalized spacial score (nSPS) is 11.3. The van der Waals surface area contributed by atoms with Crippen LogP contribution < -0.4 is 0 Å². The first kappa shape index (κ1) is 19.3. The van der Waals surface area contributed by atoms with E-state index in [4.69, 9.17) is 0 Å². The van der Waals surface area contributed by atoms with Gasteiger partial charge in [-0.1, -0.05) is 78.9 Å². The number of rotatable bonds is 3. The number of halogens is 1. The second-order valence-electron chi connectivity index (χ2n) is 8.00. The molecule has 0 saturated heterocycles. The van der Waals surface area contributed by atoms with E-state index < -0.39 is 0 Å². The van der Waals surface area contributed by atoms with Crippen LogP contribution in [0.5, 0.6) is 0 Å². The van der Waals surface area contributed by atoms with E-state index in [1.165, 1.54) is 53.3 Å². The highest BCUT2D eigenvalue weighted by molar-refractivity contribution is 14.1. The summed E-state index contributed by atoms with van der Waals surface area (Å²) in [4.78, 5) is 0. The lowest BCUT2D eigenvalue weighted by atomic mass is 9.99. The number of nitrogens with zero attached hydrogens (tertiary/aromatic N) is 1. The van der Waals surface area contributed by atoms with E-state index in [1.54, 1.807) is 0 Å². The van der Waals surface area contributed by atoms with Crippen LogP contribution in [0.3, 0.4) is 0 Å². The molecule has 0 bridgehead atoms. The number of hydrogen-bond donors (Lipinski definition) is 0. The van der Waals surface area contributed by atoms with Crippen molar-refractivity contribution in [2.45, 2.75) is 0 Å². The molecule has 0 amide bonds. The van der Waals surface area contributed by atoms with Crippen molar-refractivity contribution in [1.82, 2.24) is 4.57 Å². The molecule has 1 nitrogen and oxygen atoms in total.